The summed E-state index contributed by atoms with van der Waals surface area (Å²) >= 11 is 0. The Morgan fingerprint density at radius 1 is 1.14 bits per heavy atom. The van der Waals surface area contributed by atoms with Crippen LogP contribution < -0.4 is 11.1 Å². The Hall–Kier alpha value is -2.40. The largest absolute Gasteiger partial charge is 0.399 e. The van der Waals surface area contributed by atoms with E-state index in [2.05, 4.69) is 5.32 Å². The van der Waals surface area contributed by atoms with E-state index in [0.717, 1.165) is 11.3 Å². The van der Waals surface area contributed by atoms with Gasteiger partial charge in [-0.2, -0.15) is 0 Å². The average Bonchev–Trinajstić information content (AvgIpc) is 2.48. The van der Waals surface area contributed by atoms with Gasteiger partial charge in [0.05, 0.1) is 6.61 Å². The zero-order valence-electron chi connectivity index (χ0n) is 11.5. The summed E-state index contributed by atoms with van der Waals surface area (Å²) in [5.41, 5.74) is 8.07. The van der Waals surface area contributed by atoms with Crippen LogP contribution >= 0.6 is 0 Å². The Bertz CT molecular complexity index is 599. The second-order valence-corrected chi connectivity index (χ2v) is 4.56. The third kappa shape index (κ3) is 4.89. The van der Waals surface area contributed by atoms with Gasteiger partial charge in [0.1, 0.15) is 12.4 Å². The molecule has 0 saturated heterocycles. The molecule has 5 heteroatoms. The van der Waals surface area contributed by atoms with Gasteiger partial charge in [0.25, 0.3) is 0 Å². The Morgan fingerprint density at radius 2 is 1.86 bits per heavy atom. The summed E-state index contributed by atoms with van der Waals surface area (Å²) in [7, 11) is 0. The van der Waals surface area contributed by atoms with Gasteiger partial charge in [-0.15, -0.1) is 0 Å². The van der Waals surface area contributed by atoms with E-state index in [9.17, 15) is 9.18 Å². The molecule has 0 radical (unpaired) electrons. The maximum Gasteiger partial charge on any atom is 0.250 e. The lowest BCUT2D eigenvalue weighted by Gasteiger charge is -2.07. The van der Waals surface area contributed by atoms with Crippen molar-refractivity contribution in [3.63, 3.8) is 0 Å². The molecule has 110 valence electrons. The summed E-state index contributed by atoms with van der Waals surface area (Å²) in [5.74, 6) is -0.618. The van der Waals surface area contributed by atoms with Gasteiger partial charge < -0.3 is 15.8 Å². The molecule has 0 fully saturated rings. The number of carbonyl (C=O) groups is 1. The SMILES string of the molecule is Nc1ccccc1CCOCC(=O)Nc1ccc(F)cc1. The van der Waals surface area contributed by atoms with E-state index in [4.69, 9.17) is 10.5 Å². The number of hydrogen-bond donors (Lipinski definition) is 2. The number of nitrogens with one attached hydrogen (secondary N) is 1. The molecule has 1 amide bonds. The molecule has 2 rings (SSSR count). The normalized spacial score (nSPS) is 10.3. The predicted molar refractivity (Wildman–Crippen MR) is 80.4 cm³/mol. The molecule has 2 aromatic carbocycles. The number of halogens is 1. The van der Waals surface area contributed by atoms with Crippen LogP contribution in [0, 0.1) is 5.82 Å². The zero-order chi connectivity index (χ0) is 15.1. The molecular weight excluding hydrogens is 271 g/mol. The lowest BCUT2D eigenvalue weighted by atomic mass is 10.1. The molecule has 0 aromatic heterocycles. The fourth-order valence-electron chi connectivity index (χ4n) is 1.84. The van der Waals surface area contributed by atoms with Crippen molar-refractivity contribution >= 4 is 17.3 Å². The number of amides is 1. The summed E-state index contributed by atoms with van der Waals surface area (Å²) in [6, 6.07) is 13.1. The molecule has 0 aliphatic carbocycles. The van der Waals surface area contributed by atoms with Gasteiger partial charge in [-0.3, -0.25) is 4.79 Å². The molecule has 0 heterocycles. The van der Waals surface area contributed by atoms with Crippen LogP contribution in [0.2, 0.25) is 0 Å². The van der Waals surface area contributed by atoms with Gasteiger partial charge in [-0.25, -0.2) is 4.39 Å². The highest BCUT2D eigenvalue weighted by atomic mass is 19.1. The first-order valence-corrected chi connectivity index (χ1v) is 6.61. The lowest BCUT2D eigenvalue weighted by molar-refractivity contribution is -0.120. The topological polar surface area (TPSA) is 64.3 Å². The van der Waals surface area contributed by atoms with Crippen molar-refractivity contribution in [2.45, 2.75) is 6.42 Å². The lowest BCUT2D eigenvalue weighted by Crippen LogP contribution is -2.19. The first-order valence-electron chi connectivity index (χ1n) is 6.61. The van der Waals surface area contributed by atoms with Crippen molar-refractivity contribution in [1.82, 2.24) is 0 Å². The third-order valence-electron chi connectivity index (χ3n) is 2.93. The van der Waals surface area contributed by atoms with Gasteiger partial charge >= 0.3 is 0 Å². The summed E-state index contributed by atoms with van der Waals surface area (Å²) < 4.78 is 18.0. The molecule has 21 heavy (non-hydrogen) atoms. The van der Waals surface area contributed by atoms with Crippen LogP contribution in [0.3, 0.4) is 0 Å². The molecule has 0 bridgehead atoms. The minimum absolute atomic E-state index is 0.0515. The molecule has 0 unspecified atom stereocenters. The average molecular weight is 288 g/mol. The van der Waals surface area contributed by atoms with Crippen molar-refractivity contribution in [3.05, 3.63) is 59.9 Å². The predicted octanol–water partition coefficient (Wildman–Crippen LogP) is 2.61. The van der Waals surface area contributed by atoms with Crippen molar-refractivity contribution < 1.29 is 13.9 Å². The summed E-state index contributed by atoms with van der Waals surface area (Å²) in [6.45, 7) is 0.356. The van der Waals surface area contributed by atoms with Gasteiger partial charge in [0.15, 0.2) is 0 Å². The van der Waals surface area contributed by atoms with E-state index in [1.807, 2.05) is 24.3 Å². The maximum absolute atomic E-state index is 12.7. The molecular formula is C16H17FN2O2. The van der Waals surface area contributed by atoms with Crippen molar-refractivity contribution in [3.8, 4) is 0 Å². The van der Waals surface area contributed by atoms with Crippen LogP contribution in [-0.2, 0) is 16.0 Å². The first kappa shape index (κ1) is 15.0. The minimum Gasteiger partial charge on any atom is -0.399 e. The number of benzene rings is 2. The molecule has 0 spiro atoms. The van der Waals surface area contributed by atoms with E-state index in [-0.39, 0.29) is 18.3 Å². The van der Waals surface area contributed by atoms with Crippen LogP contribution in [-0.4, -0.2) is 19.1 Å². The van der Waals surface area contributed by atoms with E-state index >= 15 is 0 Å². The summed E-state index contributed by atoms with van der Waals surface area (Å²) in [5, 5.41) is 2.62. The molecule has 0 atom stereocenters. The van der Waals surface area contributed by atoms with Crippen molar-refractivity contribution in [1.29, 1.82) is 0 Å². The Morgan fingerprint density at radius 3 is 2.57 bits per heavy atom. The van der Waals surface area contributed by atoms with Gasteiger partial charge in [-0.1, -0.05) is 18.2 Å². The fraction of sp³-hybridized carbons (Fsp3) is 0.188. The monoisotopic (exact) mass is 288 g/mol. The Balaban J connectivity index is 1.70. The molecule has 2 aromatic rings. The first-order chi connectivity index (χ1) is 10.1. The molecule has 0 saturated carbocycles. The zero-order valence-corrected chi connectivity index (χ0v) is 11.5. The van der Waals surface area contributed by atoms with E-state index < -0.39 is 0 Å². The molecule has 0 aliphatic rings. The number of nitrogen functional groups attached to an aromatic ring is 1. The van der Waals surface area contributed by atoms with Crippen molar-refractivity contribution in [2.24, 2.45) is 0 Å². The molecule has 3 N–H and O–H groups in total. The highest BCUT2D eigenvalue weighted by Gasteiger charge is 2.03. The minimum atomic E-state index is -0.343. The van der Waals surface area contributed by atoms with Crippen LogP contribution in [0.15, 0.2) is 48.5 Å². The highest BCUT2D eigenvalue weighted by molar-refractivity contribution is 5.91. The van der Waals surface area contributed by atoms with E-state index in [1.165, 1.54) is 24.3 Å². The van der Waals surface area contributed by atoms with Crippen LogP contribution in [0.25, 0.3) is 0 Å². The van der Waals surface area contributed by atoms with Gasteiger partial charge in [0, 0.05) is 11.4 Å². The number of para-hydroxylation sites is 1. The third-order valence-corrected chi connectivity index (χ3v) is 2.93. The number of anilines is 2. The molecule has 0 aliphatic heterocycles. The number of nitrogens with two attached hydrogens (primary N) is 1. The van der Waals surface area contributed by atoms with Gasteiger partial charge in [-0.05, 0) is 42.3 Å². The van der Waals surface area contributed by atoms with Crippen LogP contribution in [0.5, 0.6) is 0 Å². The Labute approximate surface area is 122 Å². The number of hydrogen-bond acceptors (Lipinski definition) is 3. The van der Waals surface area contributed by atoms with E-state index in [0.29, 0.717) is 18.7 Å². The highest BCUT2D eigenvalue weighted by Crippen LogP contribution is 2.11. The second-order valence-electron chi connectivity index (χ2n) is 4.56. The molecule has 4 nitrogen and oxygen atoms in total. The van der Waals surface area contributed by atoms with Crippen LogP contribution in [0.1, 0.15) is 5.56 Å². The maximum atomic E-state index is 12.7. The second kappa shape index (κ2) is 7.40. The number of ether oxygens (including phenoxy) is 1. The number of rotatable bonds is 6. The standard InChI is InChI=1S/C16H17FN2O2/c17-13-5-7-14(8-6-13)19-16(20)11-21-10-9-12-3-1-2-4-15(12)18/h1-8H,9-11,18H2,(H,19,20). The van der Waals surface area contributed by atoms with Crippen LogP contribution in [0.4, 0.5) is 15.8 Å². The van der Waals surface area contributed by atoms with Gasteiger partial charge in [0.2, 0.25) is 5.91 Å². The van der Waals surface area contributed by atoms with Crippen molar-refractivity contribution in [2.75, 3.05) is 24.3 Å². The van der Waals surface area contributed by atoms with E-state index in [1.54, 1.807) is 0 Å². The summed E-state index contributed by atoms with van der Waals surface area (Å²) in [6.07, 6.45) is 0.649. The number of carbonyl (C=O) groups excluding carboxylic acids is 1. The summed E-state index contributed by atoms with van der Waals surface area (Å²) in [4.78, 5) is 11.6. The fourth-order valence-corrected chi connectivity index (χ4v) is 1.84. The Kier molecular flexibility index (Phi) is 5.29. The smallest absolute Gasteiger partial charge is 0.250 e. The quantitative estimate of drug-likeness (QED) is 0.634.